The largest absolute Gasteiger partial charge is 1.00 e. The fourth-order valence-corrected chi connectivity index (χ4v) is 0.916. The van der Waals surface area contributed by atoms with E-state index in [-0.39, 0.29) is 12.4 Å². The molecule has 8 N–H and O–H groups in total. The summed E-state index contributed by atoms with van der Waals surface area (Å²) in [4.78, 5) is 2.52. The van der Waals surface area contributed by atoms with E-state index in [1.807, 2.05) is 0 Å². The highest BCUT2D eigenvalue weighted by Crippen LogP contribution is 1.98. The molecule has 9 heteroatoms. The highest BCUT2D eigenvalue weighted by Gasteiger charge is 2.33. The van der Waals surface area contributed by atoms with Crippen LogP contribution >= 0.6 is 0 Å². The Balaban J connectivity index is 0. The second-order valence-corrected chi connectivity index (χ2v) is 3.94. The van der Waals surface area contributed by atoms with Crippen LogP contribution in [0.4, 0.5) is 0 Å². The molecule has 0 unspecified atom stereocenters. The van der Waals surface area contributed by atoms with E-state index in [0.29, 0.717) is 0 Å². The third-order valence-corrected chi connectivity index (χ3v) is 2.57. The van der Waals surface area contributed by atoms with E-state index < -0.39 is 50.7 Å². The Morgan fingerprint density at radius 3 is 1.44 bits per heavy atom. The Bertz CT molecular complexity index is 217. The molecule has 0 atom stereocenters. The van der Waals surface area contributed by atoms with E-state index in [1.54, 1.807) is 0 Å². The van der Waals surface area contributed by atoms with Gasteiger partial charge in [-0.25, -0.2) is 0 Å². The number of hydrogen-bond donors (Lipinski definition) is 8. The van der Waals surface area contributed by atoms with Gasteiger partial charge in [0.15, 0.2) is 11.1 Å². The minimum Gasteiger partial charge on any atom is -1.00 e. The van der Waals surface area contributed by atoms with Crippen LogP contribution in [0.2, 0.25) is 0 Å². The van der Waals surface area contributed by atoms with E-state index in [4.69, 9.17) is 30.6 Å². The van der Waals surface area contributed by atoms with Crippen LogP contribution in [0, 0.1) is 0 Å². The zero-order valence-electron chi connectivity index (χ0n) is 9.88. The normalized spacial score (nSPS) is 12.6. The van der Waals surface area contributed by atoms with Crippen molar-refractivity contribution in [2.24, 2.45) is 0 Å². The standard InChI is InChI=1S/C9H20N2O6.ClH/c12-1-8(2-13,3-14)10-7-11-9(4-15,5-16)6-17;/h7,12-17H,1-6H2,(H,10,11);1H. The van der Waals surface area contributed by atoms with E-state index in [2.05, 4.69) is 10.3 Å². The van der Waals surface area contributed by atoms with Gasteiger partial charge in [0.2, 0.25) is 6.34 Å². The minimum atomic E-state index is -1.31. The molecule has 0 aliphatic rings. The van der Waals surface area contributed by atoms with Crippen molar-refractivity contribution in [1.29, 1.82) is 0 Å². The molecule has 0 bridgehead atoms. The fraction of sp³-hybridized carbons (Fsp3) is 0.889. The second-order valence-electron chi connectivity index (χ2n) is 3.94. The third-order valence-electron chi connectivity index (χ3n) is 2.57. The van der Waals surface area contributed by atoms with Crippen LogP contribution in [0.3, 0.4) is 0 Å². The predicted molar refractivity (Wildman–Crippen MR) is 58.1 cm³/mol. The fourth-order valence-electron chi connectivity index (χ4n) is 0.916. The van der Waals surface area contributed by atoms with Gasteiger partial charge in [-0.3, -0.25) is 10.3 Å². The smallest absolute Gasteiger partial charge is 0.231 e. The Labute approximate surface area is 111 Å². The number of aliphatic hydroxyl groups is 6. The molecule has 0 heterocycles. The maximum absolute atomic E-state index is 9.00. The lowest BCUT2D eigenvalue weighted by molar-refractivity contribution is -0.564. The number of nitrogens with one attached hydrogen (secondary N) is 2. The molecule has 0 spiro atoms. The molecular formula is C9H21ClN2O6. The molecule has 0 aromatic heterocycles. The zero-order chi connectivity index (χ0) is 13.4. The summed E-state index contributed by atoms with van der Waals surface area (Å²) in [5.41, 5.74) is -2.61. The van der Waals surface area contributed by atoms with Crippen LogP contribution in [0.15, 0.2) is 0 Å². The van der Waals surface area contributed by atoms with Gasteiger partial charge in [-0.2, -0.15) is 0 Å². The molecule has 0 aliphatic heterocycles. The maximum Gasteiger partial charge on any atom is 0.231 e. The van der Waals surface area contributed by atoms with Gasteiger partial charge in [0.25, 0.3) is 0 Å². The van der Waals surface area contributed by atoms with E-state index in [1.165, 1.54) is 0 Å². The summed E-state index contributed by atoms with van der Waals surface area (Å²) in [5, 5.41) is 56.5. The van der Waals surface area contributed by atoms with Crippen LogP contribution in [0.1, 0.15) is 0 Å². The molecule has 0 rings (SSSR count). The number of rotatable bonds is 9. The van der Waals surface area contributed by atoms with E-state index in [0.717, 1.165) is 6.34 Å². The quantitative estimate of drug-likeness (QED) is 0.155. The van der Waals surface area contributed by atoms with Crippen molar-refractivity contribution < 1.29 is 48.0 Å². The van der Waals surface area contributed by atoms with Gasteiger partial charge in [0.05, 0.1) is 39.6 Å². The lowest BCUT2D eigenvalue weighted by atomic mass is 10.0. The summed E-state index contributed by atoms with van der Waals surface area (Å²) in [6.45, 7) is -3.07. The maximum atomic E-state index is 9.00. The molecule has 0 aliphatic carbocycles. The first-order chi connectivity index (χ1) is 8.07. The van der Waals surface area contributed by atoms with Gasteiger partial charge in [-0.1, -0.05) is 0 Å². The van der Waals surface area contributed by atoms with Crippen molar-refractivity contribution in [2.75, 3.05) is 39.6 Å². The average Bonchev–Trinajstić information content (AvgIpc) is 2.41. The van der Waals surface area contributed by atoms with Gasteiger partial charge in [0, 0.05) is 0 Å². The van der Waals surface area contributed by atoms with Crippen LogP contribution in [0.5, 0.6) is 0 Å². The number of halogens is 1. The van der Waals surface area contributed by atoms with Crippen molar-refractivity contribution in [3.63, 3.8) is 0 Å². The van der Waals surface area contributed by atoms with Crippen molar-refractivity contribution in [3.8, 4) is 0 Å². The van der Waals surface area contributed by atoms with Gasteiger partial charge in [-0.15, -0.1) is 0 Å². The molecule has 0 radical (unpaired) electrons. The van der Waals surface area contributed by atoms with Crippen molar-refractivity contribution >= 4 is 6.34 Å². The zero-order valence-corrected chi connectivity index (χ0v) is 10.6. The molecular weight excluding hydrogens is 268 g/mol. The van der Waals surface area contributed by atoms with Crippen molar-refractivity contribution in [1.82, 2.24) is 5.32 Å². The van der Waals surface area contributed by atoms with Gasteiger partial charge < -0.3 is 43.0 Å². The number of hydrogen-bond acceptors (Lipinski definition) is 6. The predicted octanol–water partition coefficient (Wildman–Crippen LogP) is -8.88. The molecule has 0 aromatic rings. The molecule has 18 heavy (non-hydrogen) atoms. The summed E-state index contributed by atoms with van der Waals surface area (Å²) in [6, 6.07) is 0. The highest BCUT2D eigenvalue weighted by molar-refractivity contribution is 5.49. The first-order valence-corrected chi connectivity index (χ1v) is 5.10. The van der Waals surface area contributed by atoms with Crippen LogP contribution in [0.25, 0.3) is 0 Å². The summed E-state index contributed by atoms with van der Waals surface area (Å²) >= 11 is 0. The molecule has 0 aromatic carbocycles. The summed E-state index contributed by atoms with van der Waals surface area (Å²) in [7, 11) is 0. The monoisotopic (exact) mass is 288 g/mol. The van der Waals surface area contributed by atoms with Crippen LogP contribution in [-0.4, -0.2) is 87.7 Å². The molecule has 0 saturated heterocycles. The van der Waals surface area contributed by atoms with Gasteiger partial charge in [0.1, 0.15) is 0 Å². The third kappa shape index (κ3) is 5.02. The van der Waals surface area contributed by atoms with Gasteiger partial charge >= 0.3 is 0 Å². The lowest BCUT2D eigenvalue weighted by Crippen LogP contribution is -3.00. The topological polar surface area (TPSA) is 147 Å². The van der Waals surface area contributed by atoms with Crippen molar-refractivity contribution in [3.05, 3.63) is 0 Å². The average molecular weight is 289 g/mol. The molecule has 110 valence electrons. The van der Waals surface area contributed by atoms with E-state index in [9.17, 15) is 0 Å². The molecule has 8 nitrogen and oxygen atoms in total. The SMILES string of the molecule is OCC(CO)(CO)NC=[NH+]C(CO)(CO)CO.[Cl-]. The van der Waals surface area contributed by atoms with Crippen LogP contribution in [-0.2, 0) is 0 Å². The van der Waals surface area contributed by atoms with Gasteiger partial charge in [-0.05, 0) is 0 Å². The molecule has 0 saturated carbocycles. The number of aliphatic hydroxyl groups excluding tert-OH is 6. The molecule has 0 amide bonds. The summed E-state index contributed by atoms with van der Waals surface area (Å²) in [5.74, 6) is 0. The first kappa shape index (κ1) is 19.9. The summed E-state index contributed by atoms with van der Waals surface area (Å²) < 4.78 is 0. The van der Waals surface area contributed by atoms with E-state index >= 15 is 0 Å². The Kier molecular flexibility index (Phi) is 10.4. The Morgan fingerprint density at radius 2 is 1.17 bits per heavy atom. The Morgan fingerprint density at radius 1 is 0.778 bits per heavy atom. The van der Waals surface area contributed by atoms with Crippen molar-refractivity contribution in [2.45, 2.75) is 11.1 Å². The first-order valence-electron chi connectivity index (χ1n) is 5.10. The highest BCUT2D eigenvalue weighted by atomic mass is 35.5. The Hall–Kier alpha value is -0.480. The minimum absolute atomic E-state index is 0. The summed E-state index contributed by atoms with van der Waals surface area (Å²) in [6.07, 6.45) is 1.14. The lowest BCUT2D eigenvalue weighted by Gasteiger charge is -2.24. The second kappa shape index (κ2) is 9.45. The van der Waals surface area contributed by atoms with Crippen LogP contribution < -0.4 is 22.7 Å². The molecule has 0 fully saturated rings.